The normalized spacial score (nSPS) is 12.2. The molecule has 0 spiro atoms. The summed E-state index contributed by atoms with van der Waals surface area (Å²) < 4.78 is 0. The van der Waals surface area contributed by atoms with E-state index >= 15 is 0 Å². The molecule has 3 heteroatoms. The van der Waals surface area contributed by atoms with Crippen molar-refractivity contribution in [3.63, 3.8) is 0 Å². The predicted octanol–water partition coefficient (Wildman–Crippen LogP) is 3.51. The van der Waals surface area contributed by atoms with Gasteiger partial charge in [0.15, 0.2) is 6.29 Å². The van der Waals surface area contributed by atoms with Crippen molar-refractivity contribution in [2.45, 2.75) is 6.92 Å². The van der Waals surface area contributed by atoms with Gasteiger partial charge in [0, 0.05) is 15.6 Å². The second kappa shape index (κ2) is 4.45. The molecule has 0 aliphatic rings. The third kappa shape index (κ3) is 2.58. The summed E-state index contributed by atoms with van der Waals surface area (Å²) in [6.45, 7) is 1.68. The quantitative estimate of drug-likeness (QED) is 0.545. The fraction of sp³-hybridized carbons (Fsp3) is 0.100. The summed E-state index contributed by atoms with van der Waals surface area (Å²) in [6, 6.07) is 6.97. The predicted molar refractivity (Wildman–Crippen MR) is 56.0 cm³/mol. The Morgan fingerprint density at radius 3 is 2.23 bits per heavy atom. The van der Waals surface area contributed by atoms with Gasteiger partial charge in [-0.2, -0.15) is 0 Å². The molecule has 1 nitrogen and oxygen atoms in total. The van der Waals surface area contributed by atoms with E-state index in [1.807, 2.05) is 0 Å². The van der Waals surface area contributed by atoms with Gasteiger partial charge in [-0.05, 0) is 24.6 Å². The molecule has 0 aliphatic carbocycles. The fourth-order valence-corrected chi connectivity index (χ4v) is 1.26. The van der Waals surface area contributed by atoms with E-state index in [0.29, 0.717) is 15.6 Å². The lowest BCUT2D eigenvalue weighted by molar-refractivity contribution is -0.103. The number of hydrogen-bond donors (Lipinski definition) is 0. The van der Waals surface area contributed by atoms with Crippen LogP contribution in [0.3, 0.4) is 0 Å². The summed E-state index contributed by atoms with van der Waals surface area (Å²) in [5.41, 5.74) is 1.28. The van der Waals surface area contributed by atoms with Crippen LogP contribution in [0.4, 0.5) is 0 Å². The van der Waals surface area contributed by atoms with Crippen molar-refractivity contribution in [1.82, 2.24) is 0 Å². The SMILES string of the molecule is C/C(Cl)=C(/C=O)c1ccc(Cl)cc1. The van der Waals surface area contributed by atoms with Crippen LogP contribution in [0, 0.1) is 0 Å². The second-order valence-electron chi connectivity index (χ2n) is 2.57. The second-order valence-corrected chi connectivity index (χ2v) is 3.58. The van der Waals surface area contributed by atoms with Crippen LogP contribution < -0.4 is 0 Å². The average Bonchev–Trinajstić information content (AvgIpc) is 2.09. The van der Waals surface area contributed by atoms with Gasteiger partial charge in [-0.25, -0.2) is 0 Å². The number of allylic oxidation sites excluding steroid dienone is 2. The molecule has 0 aromatic heterocycles. The Balaban J connectivity index is 3.15. The minimum Gasteiger partial charge on any atom is -0.298 e. The summed E-state index contributed by atoms with van der Waals surface area (Å²) in [6.07, 6.45) is 0.742. The first kappa shape index (κ1) is 10.3. The number of benzene rings is 1. The number of hydrogen-bond acceptors (Lipinski definition) is 1. The van der Waals surface area contributed by atoms with Crippen molar-refractivity contribution in [1.29, 1.82) is 0 Å². The van der Waals surface area contributed by atoms with Gasteiger partial charge >= 0.3 is 0 Å². The number of halogens is 2. The van der Waals surface area contributed by atoms with Crippen molar-refractivity contribution in [2.75, 3.05) is 0 Å². The first-order valence-corrected chi connectivity index (χ1v) is 4.48. The van der Waals surface area contributed by atoms with E-state index in [0.717, 1.165) is 11.8 Å². The summed E-state index contributed by atoms with van der Waals surface area (Å²) in [5, 5.41) is 1.12. The minimum atomic E-state index is 0.484. The molecule has 1 rings (SSSR count). The first-order valence-electron chi connectivity index (χ1n) is 3.72. The van der Waals surface area contributed by atoms with Gasteiger partial charge in [-0.15, -0.1) is 0 Å². The maximum atomic E-state index is 10.7. The van der Waals surface area contributed by atoms with Gasteiger partial charge in [0.25, 0.3) is 0 Å². The molecule has 0 heterocycles. The van der Waals surface area contributed by atoms with Crippen LogP contribution in [0.2, 0.25) is 5.02 Å². The molecule has 0 saturated carbocycles. The molecular formula is C10H8Cl2O. The van der Waals surface area contributed by atoms with Crippen molar-refractivity contribution in [3.05, 3.63) is 39.9 Å². The highest BCUT2D eigenvalue weighted by atomic mass is 35.5. The van der Waals surface area contributed by atoms with Crippen molar-refractivity contribution in [2.24, 2.45) is 0 Å². The van der Waals surface area contributed by atoms with Gasteiger partial charge in [0.2, 0.25) is 0 Å². The monoisotopic (exact) mass is 214 g/mol. The highest BCUT2D eigenvalue weighted by molar-refractivity contribution is 6.36. The van der Waals surface area contributed by atoms with E-state index in [1.54, 1.807) is 31.2 Å². The molecule has 13 heavy (non-hydrogen) atoms. The molecule has 0 radical (unpaired) electrons. The lowest BCUT2D eigenvalue weighted by Crippen LogP contribution is -1.86. The molecule has 0 bridgehead atoms. The highest BCUT2D eigenvalue weighted by Crippen LogP contribution is 2.20. The Bertz CT molecular complexity index is 334. The van der Waals surface area contributed by atoms with E-state index in [1.165, 1.54) is 0 Å². The molecule has 0 N–H and O–H groups in total. The first-order chi connectivity index (χ1) is 6.15. The molecule has 0 saturated heterocycles. The van der Waals surface area contributed by atoms with Gasteiger partial charge in [0.05, 0.1) is 0 Å². The fourth-order valence-electron chi connectivity index (χ4n) is 0.978. The number of rotatable bonds is 2. The van der Waals surface area contributed by atoms with Gasteiger partial charge in [-0.1, -0.05) is 35.3 Å². The average molecular weight is 215 g/mol. The molecule has 0 aliphatic heterocycles. The summed E-state index contributed by atoms with van der Waals surface area (Å²) in [5.74, 6) is 0. The van der Waals surface area contributed by atoms with Crippen LogP contribution in [0.5, 0.6) is 0 Å². The molecule has 0 amide bonds. The van der Waals surface area contributed by atoms with E-state index in [2.05, 4.69) is 0 Å². The molecule has 68 valence electrons. The summed E-state index contributed by atoms with van der Waals surface area (Å²) in [7, 11) is 0. The van der Waals surface area contributed by atoms with Crippen molar-refractivity contribution in [3.8, 4) is 0 Å². The largest absolute Gasteiger partial charge is 0.298 e. The Morgan fingerprint density at radius 2 is 1.85 bits per heavy atom. The van der Waals surface area contributed by atoms with E-state index in [-0.39, 0.29) is 0 Å². The summed E-state index contributed by atoms with van der Waals surface area (Å²) >= 11 is 11.4. The number of carbonyl (C=O) groups is 1. The van der Waals surface area contributed by atoms with Gasteiger partial charge < -0.3 is 0 Å². The Labute approximate surface area is 87.0 Å². The highest BCUT2D eigenvalue weighted by Gasteiger charge is 2.02. The lowest BCUT2D eigenvalue weighted by atomic mass is 10.1. The molecule has 1 aromatic rings. The Hall–Kier alpha value is -0.790. The standard InChI is InChI=1S/C10H8Cl2O/c1-7(11)10(6-13)8-2-4-9(12)5-3-8/h2-6H,1H3/b10-7+. The Kier molecular flexibility index (Phi) is 3.52. The van der Waals surface area contributed by atoms with E-state index < -0.39 is 0 Å². The van der Waals surface area contributed by atoms with Crippen LogP contribution in [0.1, 0.15) is 12.5 Å². The van der Waals surface area contributed by atoms with Gasteiger partial charge in [0.1, 0.15) is 0 Å². The third-order valence-corrected chi connectivity index (χ3v) is 2.10. The molecule has 1 aromatic carbocycles. The number of carbonyl (C=O) groups excluding carboxylic acids is 1. The van der Waals surface area contributed by atoms with E-state index in [4.69, 9.17) is 23.2 Å². The molecule has 0 fully saturated rings. The molecule has 0 atom stereocenters. The van der Waals surface area contributed by atoms with Crippen molar-refractivity contribution >= 4 is 35.1 Å². The third-order valence-electron chi connectivity index (χ3n) is 1.64. The van der Waals surface area contributed by atoms with Crippen molar-refractivity contribution < 1.29 is 4.79 Å². The van der Waals surface area contributed by atoms with Crippen LogP contribution in [-0.4, -0.2) is 6.29 Å². The zero-order chi connectivity index (χ0) is 9.84. The van der Waals surface area contributed by atoms with Crippen LogP contribution in [0.25, 0.3) is 5.57 Å². The molecule has 0 unspecified atom stereocenters. The Morgan fingerprint density at radius 1 is 1.31 bits per heavy atom. The van der Waals surface area contributed by atoms with Gasteiger partial charge in [-0.3, -0.25) is 4.79 Å². The zero-order valence-electron chi connectivity index (χ0n) is 7.05. The number of aldehydes is 1. The minimum absolute atomic E-state index is 0.484. The topological polar surface area (TPSA) is 17.1 Å². The van der Waals surface area contributed by atoms with Crippen LogP contribution in [-0.2, 0) is 4.79 Å². The smallest absolute Gasteiger partial charge is 0.151 e. The molecular weight excluding hydrogens is 207 g/mol. The zero-order valence-corrected chi connectivity index (χ0v) is 8.56. The van der Waals surface area contributed by atoms with E-state index in [9.17, 15) is 4.79 Å². The maximum absolute atomic E-state index is 10.7. The lowest BCUT2D eigenvalue weighted by Gasteiger charge is -2.00. The van der Waals surface area contributed by atoms with Crippen LogP contribution in [0.15, 0.2) is 29.3 Å². The van der Waals surface area contributed by atoms with Crippen LogP contribution >= 0.6 is 23.2 Å². The summed E-state index contributed by atoms with van der Waals surface area (Å²) in [4.78, 5) is 10.7. The maximum Gasteiger partial charge on any atom is 0.151 e.